The first-order valence-corrected chi connectivity index (χ1v) is 10.5. The van der Waals surface area contributed by atoms with E-state index in [2.05, 4.69) is 0 Å². The van der Waals surface area contributed by atoms with Gasteiger partial charge in [-0.3, -0.25) is 13.8 Å². The molecule has 3 aromatic rings. The number of carboxylic acids is 1. The Morgan fingerprint density at radius 2 is 1.28 bits per heavy atom. The zero-order valence-corrected chi connectivity index (χ0v) is 16.5. The van der Waals surface area contributed by atoms with Crippen molar-refractivity contribution >= 4 is 13.8 Å². The number of benzene rings is 3. The number of aliphatic carboxylic acids is 1. The fourth-order valence-electron chi connectivity index (χ4n) is 2.56. The molecule has 0 aromatic heterocycles. The highest BCUT2D eigenvalue weighted by molar-refractivity contribution is 7.48. The maximum atomic E-state index is 13.3. The van der Waals surface area contributed by atoms with E-state index in [9.17, 15) is 9.36 Å². The number of carbonyl (C=O) groups is 1. The number of phosphoric ester groups is 1. The zero-order valence-electron chi connectivity index (χ0n) is 15.6. The molecule has 29 heavy (non-hydrogen) atoms. The van der Waals surface area contributed by atoms with Gasteiger partial charge in [-0.1, -0.05) is 72.8 Å². The molecule has 150 valence electrons. The monoisotopic (exact) mass is 412 g/mol. The topological polar surface area (TPSA) is 82.1 Å². The van der Waals surface area contributed by atoms with Crippen LogP contribution in [0.2, 0.25) is 0 Å². The Hall–Kier alpha value is -2.92. The lowest BCUT2D eigenvalue weighted by Gasteiger charge is -2.19. The molecule has 0 radical (unpaired) electrons. The Kier molecular flexibility index (Phi) is 7.19. The summed E-state index contributed by atoms with van der Waals surface area (Å²) in [6.45, 7) is 0.0868. The molecule has 0 saturated heterocycles. The first-order valence-electron chi connectivity index (χ1n) is 9.00. The molecule has 1 N–H and O–H groups in total. The summed E-state index contributed by atoms with van der Waals surface area (Å²) in [4.78, 5) is 10.9. The number of carboxylic acid groups (broad SMARTS) is 1. The standard InChI is InChI=1S/C22H21O6P/c23-22(24)15-20-12-7-13-21(14-20)28-29(25,26-16-18-8-3-1-4-9-18)27-17-19-10-5-2-6-11-19/h1-14H,15-17H2,(H,23,24). The number of hydrogen-bond donors (Lipinski definition) is 1. The van der Waals surface area contributed by atoms with E-state index in [1.54, 1.807) is 18.2 Å². The molecule has 7 heteroatoms. The van der Waals surface area contributed by atoms with E-state index < -0.39 is 13.8 Å². The SMILES string of the molecule is O=C(O)Cc1cccc(OP(=O)(OCc2ccccc2)OCc2ccccc2)c1. The Labute approximate surface area is 169 Å². The van der Waals surface area contributed by atoms with Gasteiger partial charge in [0.25, 0.3) is 0 Å². The molecule has 3 aromatic carbocycles. The van der Waals surface area contributed by atoms with E-state index in [0.29, 0.717) is 5.56 Å². The second kappa shape index (κ2) is 10.0. The first kappa shape index (κ1) is 20.8. The highest BCUT2D eigenvalue weighted by Gasteiger charge is 2.29. The molecule has 0 aliphatic heterocycles. The van der Waals surface area contributed by atoms with Gasteiger partial charge in [-0.25, -0.2) is 4.57 Å². The van der Waals surface area contributed by atoms with Gasteiger partial charge < -0.3 is 9.63 Å². The summed E-state index contributed by atoms with van der Waals surface area (Å²) < 4.78 is 30.0. The van der Waals surface area contributed by atoms with Gasteiger partial charge in [-0.15, -0.1) is 0 Å². The summed E-state index contributed by atoms with van der Waals surface area (Å²) >= 11 is 0. The van der Waals surface area contributed by atoms with Gasteiger partial charge in [0.2, 0.25) is 0 Å². The van der Waals surface area contributed by atoms with Crippen LogP contribution in [0.1, 0.15) is 16.7 Å². The molecule has 3 rings (SSSR count). The van der Waals surface area contributed by atoms with Crippen LogP contribution in [-0.4, -0.2) is 11.1 Å². The Morgan fingerprint density at radius 1 is 0.759 bits per heavy atom. The van der Waals surface area contributed by atoms with Crippen LogP contribution in [0.4, 0.5) is 0 Å². The van der Waals surface area contributed by atoms with Crippen molar-refractivity contribution in [1.82, 2.24) is 0 Å². The number of phosphoric acid groups is 1. The lowest BCUT2D eigenvalue weighted by molar-refractivity contribution is -0.136. The third-order valence-corrected chi connectivity index (χ3v) is 5.26. The molecule has 0 aliphatic rings. The predicted molar refractivity (Wildman–Crippen MR) is 108 cm³/mol. The normalized spacial score (nSPS) is 11.2. The molecule has 0 fully saturated rings. The largest absolute Gasteiger partial charge is 0.530 e. The van der Waals surface area contributed by atoms with E-state index in [1.165, 1.54) is 6.07 Å². The van der Waals surface area contributed by atoms with Crippen molar-refractivity contribution in [2.45, 2.75) is 19.6 Å². The van der Waals surface area contributed by atoms with Crippen molar-refractivity contribution in [3.8, 4) is 5.75 Å². The molecule has 0 amide bonds. The van der Waals surface area contributed by atoms with Crippen LogP contribution in [0.5, 0.6) is 5.75 Å². The van der Waals surface area contributed by atoms with Gasteiger partial charge in [-0.2, -0.15) is 0 Å². The lowest BCUT2D eigenvalue weighted by Crippen LogP contribution is -2.04. The van der Waals surface area contributed by atoms with E-state index >= 15 is 0 Å². The molecular weight excluding hydrogens is 391 g/mol. The molecule has 0 saturated carbocycles. The van der Waals surface area contributed by atoms with E-state index in [4.69, 9.17) is 18.7 Å². The Morgan fingerprint density at radius 3 is 1.79 bits per heavy atom. The van der Waals surface area contributed by atoms with Gasteiger partial charge in [0.15, 0.2) is 0 Å². The van der Waals surface area contributed by atoms with Gasteiger partial charge in [0, 0.05) is 0 Å². The van der Waals surface area contributed by atoms with Gasteiger partial charge in [-0.05, 0) is 28.8 Å². The van der Waals surface area contributed by atoms with Crippen LogP contribution in [0, 0.1) is 0 Å². The fraction of sp³-hybridized carbons (Fsp3) is 0.136. The molecule has 0 aliphatic carbocycles. The molecule has 6 nitrogen and oxygen atoms in total. The van der Waals surface area contributed by atoms with Gasteiger partial charge in [0.05, 0.1) is 19.6 Å². The average molecular weight is 412 g/mol. The van der Waals surface area contributed by atoms with Crippen molar-refractivity contribution in [1.29, 1.82) is 0 Å². The van der Waals surface area contributed by atoms with Crippen LogP contribution in [-0.2, 0) is 38.0 Å². The zero-order chi connectivity index (χ0) is 20.5. The Bertz CT molecular complexity index is 927. The quantitative estimate of drug-likeness (QED) is 0.459. The van der Waals surface area contributed by atoms with Crippen molar-refractivity contribution in [2.24, 2.45) is 0 Å². The van der Waals surface area contributed by atoms with Crippen molar-refractivity contribution < 1.29 is 28.0 Å². The van der Waals surface area contributed by atoms with Crippen LogP contribution in [0.25, 0.3) is 0 Å². The predicted octanol–water partition coefficient (Wildman–Crippen LogP) is 5.23. The first-order chi connectivity index (χ1) is 14.0. The van der Waals surface area contributed by atoms with Gasteiger partial charge in [0.1, 0.15) is 5.75 Å². The summed E-state index contributed by atoms with van der Waals surface area (Å²) in [5.41, 5.74) is 2.16. The van der Waals surface area contributed by atoms with Crippen LogP contribution in [0.15, 0.2) is 84.9 Å². The Balaban J connectivity index is 1.75. The van der Waals surface area contributed by atoms with Crippen LogP contribution in [0.3, 0.4) is 0 Å². The molecule has 0 heterocycles. The lowest BCUT2D eigenvalue weighted by atomic mass is 10.1. The fourth-order valence-corrected chi connectivity index (χ4v) is 3.73. The van der Waals surface area contributed by atoms with Crippen LogP contribution < -0.4 is 4.52 Å². The summed E-state index contributed by atoms with van der Waals surface area (Å²) in [5.74, 6) is -0.751. The maximum absolute atomic E-state index is 13.3. The van der Waals surface area contributed by atoms with Crippen molar-refractivity contribution in [3.63, 3.8) is 0 Å². The minimum atomic E-state index is -3.97. The van der Waals surface area contributed by atoms with Gasteiger partial charge >= 0.3 is 13.8 Å². The molecule has 0 unspecified atom stereocenters. The third-order valence-electron chi connectivity index (χ3n) is 3.94. The van der Waals surface area contributed by atoms with E-state index in [-0.39, 0.29) is 25.4 Å². The highest BCUT2D eigenvalue weighted by Crippen LogP contribution is 2.51. The summed E-state index contributed by atoms with van der Waals surface area (Å²) in [7, 11) is -3.97. The van der Waals surface area contributed by atoms with E-state index in [0.717, 1.165) is 11.1 Å². The molecule has 0 bridgehead atoms. The summed E-state index contributed by atoms with van der Waals surface area (Å²) in [6.07, 6.45) is -0.169. The van der Waals surface area contributed by atoms with E-state index in [1.807, 2.05) is 60.7 Å². The molecule has 0 atom stereocenters. The second-order valence-corrected chi connectivity index (χ2v) is 7.87. The minimum absolute atomic E-state index is 0.0434. The number of rotatable bonds is 10. The third kappa shape index (κ3) is 6.88. The summed E-state index contributed by atoms with van der Waals surface area (Å²) in [5, 5.41) is 8.97. The highest BCUT2D eigenvalue weighted by atomic mass is 31.2. The van der Waals surface area contributed by atoms with Crippen LogP contribution >= 0.6 is 7.82 Å². The smallest absolute Gasteiger partial charge is 0.481 e. The maximum Gasteiger partial charge on any atom is 0.530 e. The second-order valence-electron chi connectivity index (χ2n) is 6.27. The van der Waals surface area contributed by atoms with Crippen molar-refractivity contribution in [2.75, 3.05) is 0 Å². The average Bonchev–Trinajstić information content (AvgIpc) is 2.72. The number of hydrogen-bond acceptors (Lipinski definition) is 5. The summed E-state index contributed by atoms with van der Waals surface area (Å²) in [6, 6.07) is 24.9. The molecule has 0 spiro atoms. The molecular formula is C22H21O6P. The minimum Gasteiger partial charge on any atom is -0.481 e. The van der Waals surface area contributed by atoms with Crippen molar-refractivity contribution in [3.05, 3.63) is 102 Å².